The second-order valence-corrected chi connectivity index (χ2v) is 5.30. The highest BCUT2D eigenvalue weighted by Crippen LogP contribution is 2.18. The van der Waals surface area contributed by atoms with E-state index in [9.17, 15) is 0 Å². The highest BCUT2D eigenvalue weighted by molar-refractivity contribution is 7.15. The van der Waals surface area contributed by atoms with Crippen molar-refractivity contribution in [3.05, 3.63) is 28.0 Å². The van der Waals surface area contributed by atoms with Crippen molar-refractivity contribution in [3.8, 4) is 0 Å². The molecule has 17 heavy (non-hydrogen) atoms. The summed E-state index contributed by atoms with van der Waals surface area (Å²) < 4.78 is 2.32. The van der Waals surface area contributed by atoms with Gasteiger partial charge in [-0.1, -0.05) is 11.3 Å². The van der Waals surface area contributed by atoms with Gasteiger partial charge in [0.05, 0.1) is 0 Å². The van der Waals surface area contributed by atoms with Crippen LogP contribution < -0.4 is 5.32 Å². The summed E-state index contributed by atoms with van der Waals surface area (Å²) in [7, 11) is 0. The maximum Gasteiger partial charge on any atom is 0.205 e. The van der Waals surface area contributed by atoms with Crippen molar-refractivity contribution in [2.24, 2.45) is 0 Å². The first kappa shape index (κ1) is 12.1. The molecule has 0 aliphatic rings. The molecule has 0 fully saturated rings. The van der Waals surface area contributed by atoms with Gasteiger partial charge in [0, 0.05) is 24.5 Å². The van der Waals surface area contributed by atoms with E-state index < -0.39 is 0 Å². The quantitative estimate of drug-likeness (QED) is 0.907. The zero-order chi connectivity index (χ0) is 12.4. The van der Waals surface area contributed by atoms with Gasteiger partial charge in [0.1, 0.15) is 5.01 Å². The van der Waals surface area contributed by atoms with Gasteiger partial charge in [0.25, 0.3) is 0 Å². The predicted molar refractivity (Wildman–Crippen MR) is 71.6 cm³/mol. The second kappa shape index (κ2) is 4.87. The Bertz CT molecular complexity index is 513. The van der Waals surface area contributed by atoms with Crippen LogP contribution in [0.3, 0.4) is 0 Å². The lowest BCUT2D eigenvalue weighted by Crippen LogP contribution is -2.02. The number of anilines is 1. The smallest absolute Gasteiger partial charge is 0.205 e. The molecule has 2 aromatic heterocycles. The van der Waals surface area contributed by atoms with Gasteiger partial charge in [0.2, 0.25) is 5.13 Å². The third kappa shape index (κ3) is 2.49. The minimum Gasteiger partial charge on any atom is -0.356 e. The summed E-state index contributed by atoms with van der Waals surface area (Å²) in [6.45, 7) is 10.3. The third-order valence-corrected chi connectivity index (χ3v) is 3.75. The fraction of sp³-hybridized carbons (Fsp3) is 0.500. The first-order valence-electron chi connectivity index (χ1n) is 5.81. The van der Waals surface area contributed by atoms with E-state index in [0.29, 0.717) is 0 Å². The van der Waals surface area contributed by atoms with Crippen LogP contribution in [-0.2, 0) is 13.1 Å². The second-order valence-electron chi connectivity index (χ2n) is 4.12. The Balaban J connectivity index is 2.09. The Morgan fingerprint density at radius 1 is 1.29 bits per heavy atom. The summed E-state index contributed by atoms with van der Waals surface area (Å²) in [6, 6.07) is 2.24. The van der Waals surface area contributed by atoms with Crippen LogP contribution in [0.2, 0.25) is 0 Å². The van der Waals surface area contributed by atoms with Crippen LogP contribution in [0, 0.1) is 20.8 Å². The van der Waals surface area contributed by atoms with E-state index in [4.69, 9.17) is 0 Å². The molecular formula is C12H18N4S. The number of aromatic nitrogens is 3. The molecule has 0 radical (unpaired) electrons. The Labute approximate surface area is 106 Å². The molecule has 4 nitrogen and oxygen atoms in total. The third-order valence-electron chi connectivity index (χ3n) is 2.95. The Hall–Kier alpha value is -1.36. The van der Waals surface area contributed by atoms with Crippen molar-refractivity contribution in [3.63, 3.8) is 0 Å². The van der Waals surface area contributed by atoms with Gasteiger partial charge >= 0.3 is 0 Å². The Morgan fingerprint density at radius 2 is 2.06 bits per heavy atom. The number of nitrogens with one attached hydrogen (secondary N) is 1. The predicted octanol–water partition coefficient (Wildman–Crippen LogP) is 2.90. The molecule has 0 unspecified atom stereocenters. The number of nitrogens with zero attached hydrogens (tertiary/aromatic N) is 3. The van der Waals surface area contributed by atoms with E-state index in [2.05, 4.69) is 46.9 Å². The molecule has 0 amide bonds. The number of hydrogen-bond donors (Lipinski definition) is 1. The van der Waals surface area contributed by atoms with Crippen molar-refractivity contribution in [2.75, 3.05) is 5.32 Å². The molecule has 0 aromatic carbocycles. The van der Waals surface area contributed by atoms with Crippen molar-refractivity contribution >= 4 is 16.5 Å². The van der Waals surface area contributed by atoms with Crippen LogP contribution >= 0.6 is 11.3 Å². The van der Waals surface area contributed by atoms with Crippen molar-refractivity contribution in [1.82, 2.24) is 14.8 Å². The molecule has 2 heterocycles. The summed E-state index contributed by atoms with van der Waals surface area (Å²) in [5.74, 6) is 0. The first-order valence-corrected chi connectivity index (χ1v) is 6.63. The van der Waals surface area contributed by atoms with E-state index in [0.717, 1.165) is 23.2 Å². The van der Waals surface area contributed by atoms with Crippen molar-refractivity contribution < 1.29 is 0 Å². The normalized spacial score (nSPS) is 10.8. The van der Waals surface area contributed by atoms with Gasteiger partial charge in [-0.3, -0.25) is 0 Å². The van der Waals surface area contributed by atoms with Crippen LogP contribution in [0.5, 0.6) is 0 Å². The highest BCUT2D eigenvalue weighted by atomic mass is 32.1. The van der Waals surface area contributed by atoms with Gasteiger partial charge in [-0.05, 0) is 39.3 Å². The molecule has 2 rings (SSSR count). The van der Waals surface area contributed by atoms with E-state index in [-0.39, 0.29) is 0 Å². The van der Waals surface area contributed by atoms with Gasteiger partial charge in [-0.2, -0.15) is 0 Å². The van der Waals surface area contributed by atoms with Gasteiger partial charge in [-0.25, -0.2) is 0 Å². The van der Waals surface area contributed by atoms with Crippen LogP contribution in [0.1, 0.15) is 28.9 Å². The average Bonchev–Trinajstić information content (AvgIpc) is 2.81. The Morgan fingerprint density at radius 3 is 2.59 bits per heavy atom. The highest BCUT2D eigenvalue weighted by Gasteiger charge is 2.08. The molecule has 0 saturated carbocycles. The topological polar surface area (TPSA) is 42.7 Å². The summed E-state index contributed by atoms with van der Waals surface area (Å²) in [5.41, 5.74) is 3.98. The zero-order valence-electron chi connectivity index (χ0n) is 10.7. The van der Waals surface area contributed by atoms with Crippen LogP contribution in [-0.4, -0.2) is 14.8 Å². The molecule has 0 aliphatic carbocycles. The molecule has 1 N–H and O–H groups in total. The number of hydrogen-bond acceptors (Lipinski definition) is 4. The van der Waals surface area contributed by atoms with Gasteiger partial charge < -0.3 is 9.88 Å². The Kier molecular flexibility index (Phi) is 3.47. The molecule has 0 aliphatic heterocycles. The van der Waals surface area contributed by atoms with E-state index >= 15 is 0 Å². The molecule has 0 bridgehead atoms. The average molecular weight is 250 g/mol. The summed E-state index contributed by atoms with van der Waals surface area (Å²) in [6.07, 6.45) is 0. The molecule has 92 valence electrons. The lowest BCUT2D eigenvalue weighted by atomic mass is 10.2. The summed E-state index contributed by atoms with van der Waals surface area (Å²) in [5, 5.41) is 13.3. The molecule has 2 aromatic rings. The standard InChI is InChI=1S/C12H18N4S/c1-5-16-8(2)6-11(9(16)3)7-13-12-15-14-10(4)17-12/h6H,5,7H2,1-4H3,(H,13,15). The summed E-state index contributed by atoms with van der Waals surface area (Å²) >= 11 is 1.59. The van der Waals surface area contributed by atoms with Crippen LogP contribution in [0.4, 0.5) is 5.13 Å². The number of rotatable bonds is 4. The van der Waals surface area contributed by atoms with E-state index in [1.807, 2.05) is 6.92 Å². The SMILES string of the molecule is CCn1c(C)cc(CNc2nnc(C)s2)c1C. The molecule has 0 atom stereocenters. The molecular weight excluding hydrogens is 232 g/mol. The first-order chi connectivity index (χ1) is 8.11. The largest absolute Gasteiger partial charge is 0.356 e. The summed E-state index contributed by atoms with van der Waals surface area (Å²) in [4.78, 5) is 0. The fourth-order valence-corrected chi connectivity index (χ4v) is 2.66. The van der Waals surface area contributed by atoms with Crippen molar-refractivity contribution in [1.29, 1.82) is 0 Å². The minimum atomic E-state index is 0.814. The zero-order valence-corrected chi connectivity index (χ0v) is 11.6. The monoisotopic (exact) mass is 250 g/mol. The molecule has 0 saturated heterocycles. The molecule has 0 spiro atoms. The maximum atomic E-state index is 4.06. The maximum absolute atomic E-state index is 4.06. The van der Waals surface area contributed by atoms with Crippen LogP contribution in [0.25, 0.3) is 0 Å². The van der Waals surface area contributed by atoms with E-state index in [1.165, 1.54) is 17.0 Å². The minimum absolute atomic E-state index is 0.814. The van der Waals surface area contributed by atoms with Gasteiger partial charge in [-0.15, -0.1) is 10.2 Å². The fourth-order valence-electron chi connectivity index (χ4n) is 2.08. The lowest BCUT2D eigenvalue weighted by molar-refractivity contribution is 0.715. The van der Waals surface area contributed by atoms with Crippen LogP contribution in [0.15, 0.2) is 6.07 Å². The lowest BCUT2D eigenvalue weighted by Gasteiger charge is -2.06. The number of aryl methyl sites for hydroxylation is 2. The van der Waals surface area contributed by atoms with Crippen molar-refractivity contribution in [2.45, 2.75) is 40.8 Å². The van der Waals surface area contributed by atoms with E-state index in [1.54, 1.807) is 11.3 Å². The van der Waals surface area contributed by atoms with Gasteiger partial charge in [0.15, 0.2) is 0 Å². The molecule has 5 heteroatoms.